The van der Waals surface area contributed by atoms with E-state index in [0.29, 0.717) is 23.8 Å². The average molecular weight is 527 g/mol. The first-order valence-corrected chi connectivity index (χ1v) is 14.8. The van der Waals surface area contributed by atoms with Crippen LogP contribution in [0.25, 0.3) is 11.1 Å². The normalized spacial score (nSPS) is 27.3. The molecule has 3 aromatic rings. The summed E-state index contributed by atoms with van der Waals surface area (Å²) in [5.74, 6) is 2.50. The minimum atomic E-state index is 0.107. The van der Waals surface area contributed by atoms with E-state index in [1.54, 1.807) is 7.11 Å². The SMILES string of the molecule is COc1ccc(C2CCC(CN3C(=O)C4CCC(CC4)NC(C)n4cc(cn4)-c4cccc3c4)CC2)cc1C. The molecule has 1 aromatic heterocycles. The van der Waals surface area contributed by atoms with Crippen molar-refractivity contribution in [3.05, 3.63) is 66.0 Å². The van der Waals surface area contributed by atoms with Gasteiger partial charge in [0.1, 0.15) is 5.75 Å². The van der Waals surface area contributed by atoms with Crippen molar-refractivity contribution < 1.29 is 9.53 Å². The Morgan fingerprint density at radius 2 is 1.72 bits per heavy atom. The van der Waals surface area contributed by atoms with E-state index in [9.17, 15) is 4.79 Å². The number of aryl methyl sites for hydroxylation is 1. The fourth-order valence-electron chi connectivity index (χ4n) is 7.11. The first kappa shape index (κ1) is 26.1. The van der Waals surface area contributed by atoms with E-state index in [0.717, 1.165) is 67.6 Å². The lowest BCUT2D eigenvalue weighted by Gasteiger charge is -2.37. The third kappa shape index (κ3) is 5.49. The lowest BCUT2D eigenvalue weighted by atomic mass is 9.78. The van der Waals surface area contributed by atoms with Crippen molar-refractivity contribution in [3.8, 4) is 16.9 Å². The summed E-state index contributed by atoms with van der Waals surface area (Å²) in [5, 5.41) is 8.41. The van der Waals surface area contributed by atoms with Crippen molar-refractivity contribution in [1.82, 2.24) is 15.1 Å². The van der Waals surface area contributed by atoms with Crippen molar-refractivity contribution in [2.75, 3.05) is 18.6 Å². The van der Waals surface area contributed by atoms with E-state index >= 15 is 0 Å². The fourth-order valence-corrected chi connectivity index (χ4v) is 7.11. The van der Waals surface area contributed by atoms with Gasteiger partial charge in [-0.25, -0.2) is 0 Å². The van der Waals surface area contributed by atoms with Gasteiger partial charge in [-0.15, -0.1) is 0 Å². The number of carbonyl (C=O) groups excluding carboxylic acids is 1. The minimum Gasteiger partial charge on any atom is -0.496 e. The second kappa shape index (κ2) is 11.2. The summed E-state index contributed by atoms with van der Waals surface area (Å²) in [6.07, 6.45) is 12.8. The molecule has 6 heteroatoms. The van der Waals surface area contributed by atoms with Gasteiger partial charge >= 0.3 is 0 Å². The quantitative estimate of drug-likeness (QED) is 0.404. The van der Waals surface area contributed by atoms with Gasteiger partial charge in [0, 0.05) is 36.0 Å². The van der Waals surface area contributed by atoms with Crippen LogP contribution < -0.4 is 15.0 Å². The minimum absolute atomic E-state index is 0.107. The number of amides is 1. The van der Waals surface area contributed by atoms with Crippen molar-refractivity contribution in [3.63, 3.8) is 0 Å². The molecule has 1 N–H and O–H groups in total. The molecular formula is C33H42N4O2. The Morgan fingerprint density at radius 3 is 2.46 bits per heavy atom. The maximum Gasteiger partial charge on any atom is 0.230 e. The Morgan fingerprint density at radius 1 is 0.949 bits per heavy atom. The number of anilines is 1. The van der Waals surface area contributed by atoms with Crippen LogP contribution in [0.1, 0.15) is 81.5 Å². The largest absolute Gasteiger partial charge is 0.496 e. The topological polar surface area (TPSA) is 59.4 Å². The van der Waals surface area contributed by atoms with Gasteiger partial charge in [-0.2, -0.15) is 5.10 Å². The summed E-state index contributed by atoms with van der Waals surface area (Å²) in [4.78, 5) is 16.2. The Balaban J connectivity index is 1.23. The fraction of sp³-hybridized carbons (Fsp3) is 0.515. The maximum absolute atomic E-state index is 14.1. The second-order valence-electron chi connectivity index (χ2n) is 12.0. The molecule has 4 aliphatic rings. The van der Waals surface area contributed by atoms with Crippen LogP contribution in [0.3, 0.4) is 0 Å². The zero-order valence-corrected chi connectivity index (χ0v) is 23.6. The molecule has 2 aliphatic heterocycles. The average Bonchev–Trinajstić information content (AvgIpc) is 3.47. The Kier molecular flexibility index (Phi) is 7.48. The molecule has 0 radical (unpaired) electrons. The number of benzene rings is 2. The molecule has 2 aliphatic carbocycles. The van der Waals surface area contributed by atoms with E-state index in [-0.39, 0.29) is 12.1 Å². The number of hydrogen-bond acceptors (Lipinski definition) is 4. The number of carbonyl (C=O) groups is 1. The Labute approximate surface area is 232 Å². The van der Waals surface area contributed by atoms with Gasteiger partial charge in [-0.1, -0.05) is 24.3 Å². The standard InChI is InChI=1S/C33H42N4O2/c1-22-17-28(13-16-32(22)39-3)25-9-7-24(8-10-25)20-36-31-6-4-5-27(18-31)29-19-34-37(21-29)23(2)35-30-14-11-26(12-15-30)33(36)38/h4-6,13,16-19,21,23-26,30,35H,7-12,14-15,20H2,1-3H3. The number of aromatic nitrogens is 2. The number of fused-ring (bicyclic) bond motifs is 4. The van der Waals surface area contributed by atoms with Gasteiger partial charge in [0.25, 0.3) is 0 Å². The van der Waals surface area contributed by atoms with Crippen LogP contribution in [0.2, 0.25) is 0 Å². The third-order valence-corrected chi connectivity index (χ3v) is 9.49. The summed E-state index contributed by atoms with van der Waals surface area (Å²) in [5.41, 5.74) is 5.87. The Hall–Kier alpha value is -3.12. The third-order valence-electron chi connectivity index (χ3n) is 9.49. The zero-order chi connectivity index (χ0) is 26.9. The van der Waals surface area contributed by atoms with Gasteiger partial charge in [0.2, 0.25) is 5.91 Å². The van der Waals surface area contributed by atoms with Crippen LogP contribution in [0.15, 0.2) is 54.9 Å². The van der Waals surface area contributed by atoms with Crippen LogP contribution in [0.4, 0.5) is 5.69 Å². The molecule has 2 saturated carbocycles. The first-order valence-electron chi connectivity index (χ1n) is 14.8. The predicted octanol–water partition coefficient (Wildman–Crippen LogP) is 6.85. The van der Waals surface area contributed by atoms with E-state index in [1.807, 2.05) is 10.9 Å². The molecule has 3 heterocycles. The summed E-state index contributed by atoms with van der Waals surface area (Å²) >= 11 is 0. The molecule has 7 rings (SSSR count). The van der Waals surface area contributed by atoms with E-state index in [1.165, 1.54) is 24.0 Å². The molecule has 2 fully saturated rings. The molecule has 1 unspecified atom stereocenters. The number of rotatable bonds is 4. The van der Waals surface area contributed by atoms with Crippen molar-refractivity contribution in [2.24, 2.45) is 11.8 Å². The van der Waals surface area contributed by atoms with Crippen LogP contribution in [0, 0.1) is 18.8 Å². The highest BCUT2D eigenvalue weighted by atomic mass is 16.5. The highest BCUT2D eigenvalue weighted by Crippen LogP contribution is 2.39. The van der Waals surface area contributed by atoms with Gasteiger partial charge in [0.15, 0.2) is 0 Å². The van der Waals surface area contributed by atoms with Gasteiger partial charge in [0.05, 0.1) is 19.5 Å². The molecule has 2 aromatic carbocycles. The smallest absolute Gasteiger partial charge is 0.230 e. The molecular weight excluding hydrogens is 484 g/mol. The molecule has 6 nitrogen and oxygen atoms in total. The molecule has 206 valence electrons. The summed E-state index contributed by atoms with van der Waals surface area (Å²) < 4.78 is 7.50. The van der Waals surface area contributed by atoms with Crippen LogP contribution in [-0.2, 0) is 4.79 Å². The number of ether oxygens (including phenoxy) is 1. The molecule has 0 spiro atoms. The molecule has 1 atom stereocenters. The van der Waals surface area contributed by atoms with E-state index < -0.39 is 0 Å². The van der Waals surface area contributed by atoms with Gasteiger partial charge in [-0.05, 0) is 112 Å². The summed E-state index contributed by atoms with van der Waals surface area (Å²) in [6.45, 7) is 5.11. The van der Waals surface area contributed by atoms with Crippen LogP contribution in [0.5, 0.6) is 5.75 Å². The predicted molar refractivity (Wildman–Crippen MR) is 156 cm³/mol. The molecule has 1 amide bonds. The van der Waals surface area contributed by atoms with Gasteiger partial charge in [-0.3, -0.25) is 14.8 Å². The van der Waals surface area contributed by atoms with E-state index in [4.69, 9.17) is 4.74 Å². The van der Waals surface area contributed by atoms with Crippen molar-refractivity contribution in [1.29, 1.82) is 0 Å². The van der Waals surface area contributed by atoms with Crippen molar-refractivity contribution in [2.45, 2.75) is 83.3 Å². The summed E-state index contributed by atoms with van der Waals surface area (Å²) in [6, 6.07) is 15.6. The zero-order valence-electron chi connectivity index (χ0n) is 23.6. The number of nitrogens with one attached hydrogen (secondary N) is 1. The molecule has 6 bridgehead atoms. The first-order chi connectivity index (χ1) is 19.0. The molecule has 39 heavy (non-hydrogen) atoms. The maximum atomic E-state index is 14.1. The Bertz CT molecular complexity index is 1300. The summed E-state index contributed by atoms with van der Waals surface area (Å²) in [7, 11) is 1.74. The molecule has 0 saturated heterocycles. The van der Waals surface area contributed by atoms with Crippen LogP contribution >= 0.6 is 0 Å². The van der Waals surface area contributed by atoms with E-state index in [2.05, 4.69) is 77.8 Å². The lowest BCUT2D eigenvalue weighted by Crippen LogP contribution is -2.44. The van der Waals surface area contributed by atoms with Crippen LogP contribution in [-0.4, -0.2) is 35.4 Å². The number of hydrogen-bond donors (Lipinski definition) is 1. The monoisotopic (exact) mass is 526 g/mol. The van der Waals surface area contributed by atoms with Crippen molar-refractivity contribution >= 4 is 11.6 Å². The number of nitrogens with zero attached hydrogens (tertiary/aromatic N) is 3. The highest BCUT2D eigenvalue weighted by Gasteiger charge is 2.33. The van der Waals surface area contributed by atoms with Gasteiger partial charge < -0.3 is 9.64 Å². The second-order valence-corrected chi connectivity index (χ2v) is 12.0. The highest BCUT2D eigenvalue weighted by molar-refractivity contribution is 5.95. The number of methoxy groups -OCH3 is 1. The lowest BCUT2D eigenvalue weighted by molar-refractivity contribution is -0.123.